The number of likely N-dealkylation sites (tertiary alicyclic amines) is 1. The predicted octanol–water partition coefficient (Wildman–Crippen LogP) is 3.20. The summed E-state index contributed by atoms with van der Waals surface area (Å²) in [6, 6.07) is 19.9. The summed E-state index contributed by atoms with van der Waals surface area (Å²) in [6.45, 7) is 2.57. The average molecular weight is 373 g/mol. The second-order valence-corrected chi connectivity index (χ2v) is 8.84. The molecule has 1 fully saturated rings. The minimum atomic E-state index is -3.34. The van der Waals surface area contributed by atoms with E-state index in [0.29, 0.717) is 6.54 Å². The van der Waals surface area contributed by atoms with Gasteiger partial charge in [0.2, 0.25) is 10.0 Å². The van der Waals surface area contributed by atoms with E-state index in [4.69, 9.17) is 0 Å². The third-order valence-electron chi connectivity index (χ3n) is 4.96. The van der Waals surface area contributed by atoms with E-state index in [1.165, 1.54) is 24.8 Å². The van der Waals surface area contributed by atoms with Gasteiger partial charge in [0, 0.05) is 12.6 Å². The fourth-order valence-electron chi connectivity index (χ4n) is 3.57. The molecule has 0 radical (unpaired) electrons. The standard InChI is InChI=1S/C21H28N2O2S/c24-26(25,18-20-12-6-2-7-13-20)22-17-21(23-14-8-3-9-15-23)16-19-10-4-1-5-11-19/h1-2,4-7,10-13,21-22H,3,8-9,14-18H2. The number of hydrogen-bond donors (Lipinski definition) is 1. The number of sulfonamides is 1. The molecule has 0 aliphatic carbocycles. The Morgan fingerprint density at radius 2 is 1.42 bits per heavy atom. The van der Waals surface area contributed by atoms with Gasteiger partial charge < -0.3 is 0 Å². The highest BCUT2D eigenvalue weighted by Crippen LogP contribution is 2.16. The quantitative estimate of drug-likeness (QED) is 0.774. The molecule has 0 amide bonds. The zero-order valence-electron chi connectivity index (χ0n) is 15.2. The van der Waals surface area contributed by atoms with Crippen molar-refractivity contribution in [2.45, 2.75) is 37.5 Å². The van der Waals surface area contributed by atoms with Crippen LogP contribution in [-0.4, -0.2) is 39.0 Å². The number of nitrogens with one attached hydrogen (secondary N) is 1. The second-order valence-electron chi connectivity index (χ2n) is 7.03. The molecule has 0 bridgehead atoms. The summed E-state index contributed by atoms with van der Waals surface area (Å²) >= 11 is 0. The van der Waals surface area contributed by atoms with Gasteiger partial charge in [0.05, 0.1) is 5.75 Å². The Morgan fingerprint density at radius 1 is 0.846 bits per heavy atom. The van der Waals surface area contributed by atoms with Gasteiger partial charge in [0.15, 0.2) is 0 Å². The molecule has 5 heteroatoms. The minimum Gasteiger partial charge on any atom is -0.299 e. The lowest BCUT2D eigenvalue weighted by Crippen LogP contribution is -2.47. The lowest BCUT2D eigenvalue weighted by molar-refractivity contribution is 0.163. The van der Waals surface area contributed by atoms with Gasteiger partial charge in [0.1, 0.15) is 0 Å². The molecule has 0 spiro atoms. The summed E-state index contributed by atoms with van der Waals surface area (Å²) in [5, 5.41) is 0. The fourth-order valence-corrected chi connectivity index (χ4v) is 4.75. The normalized spacial score (nSPS) is 17.1. The fraction of sp³-hybridized carbons (Fsp3) is 0.429. The lowest BCUT2D eigenvalue weighted by Gasteiger charge is -2.34. The van der Waals surface area contributed by atoms with Crippen LogP contribution in [0.2, 0.25) is 0 Å². The summed E-state index contributed by atoms with van der Waals surface area (Å²) in [5.74, 6) is 0.0336. The average Bonchev–Trinajstić information content (AvgIpc) is 2.67. The summed E-state index contributed by atoms with van der Waals surface area (Å²) in [5.41, 5.74) is 2.07. The van der Waals surface area contributed by atoms with Crippen LogP contribution in [-0.2, 0) is 22.2 Å². The third-order valence-corrected chi connectivity index (χ3v) is 6.28. The van der Waals surface area contributed by atoms with Crippen molar-refractivity contribution < 1.29 is 8.42 Å². The Balaban J connectivity index is 1.64. The molecular formula is C21H28N2O2S. The first-order valence-corrected chi connectivity index (χ1v) is 11.1. The van der Waals surface area contributed by atoms with Crippen molar-refractivity contribution in [1.29, 1.82) is 0 Å². The van der Waals surface area contributed by atoms with E-state index in [9.17, 15) is 8.42 Å². The highest BCUT2D eigenvalue weighted by atomic mass is 32.2. The molecule has 140 valence electrons. The summed E-state index contributed by atoms with van der Waals surface area (Å²) in [4.78, 5) is 2.45. The maximum absolute atomic E-state index is 12.5. The molecule has 1 saturated heterocycles. The molecule has 1 N–H and O–H groups in total. The van der Waals surface area contributed by atoms with Crippen LogP contribution in [0, 0.1) is 0 Å². The Morgan fingerprint density at radius 3 is 2.04 bits per heavy atom. The number of nitrogens with zero attached hydrogens (tertiary/aromatic N) is 1. The van der Waals surface area contributed by atoms with Gasteiger partial charge in [-0.3, -0.25) is 4.90 Å². The number of piperidine rings is 1. The molecule has 2 aromatic rings. The number of hydrogen-bond acceptors (Lipinski definition) is 3. The maximum atomic E-state index is 12.5. The first-order valence-electron chi connectivity index (χ1n) is 9.42. The van der Waals surface area contributed by atoms with E-state index < -0.39 is 10.0 Å². The summed E-state index contributed by atoms with van der Waals surface area (Å²) < 4.78 is 27.9. The van der Waals surface area contributed by atoms with Crippen molar-refractivity contribution >= 4 is 10.0 Å². The molecule has 1 aliphatic heterocycles. The number of rotatable bonds is 8. The van der Waals surface area contributed by atoms with E-state index in [-0.39, 0.29) is 11.8 Å². The second kappa shape index (κ2) is 9.31. The maximum Gasteiger partial charge on any atom is 0.215 e. The minimum absolute atomic E-state index is 0.0336. The van der Waals surface area contributed by atoms with Crippen LogP contribution < -0.4 is 4.72 Å². The molecule has 1 unspecified atom stereocenters. The largest absolute Gasteiger partial charge is 0.299 e. The molecule has 3 rings (SSSR count). The highest BCUT2D eigenvalue weighted by Gasteiger charge is 2.23. The van der Waals surface area contributed by atoms with Gasteiger partial charge in [0.25, 0.3) is 0 Å². The zero-order chi connectivity index (χ0) is 18.2. The van der Waals surface area contributed by atoms with Crippen LogP contribution in [0.25, 0.3) is 0 Å². The van der Waals surface area contributed by atoms with Crippen LogP contribution in [0.5, 0.6) is 0 Å². The predicted molar refractivity (Wildman–Crippen MR) is 106 cm³/mol. The van der Waals surface area contributed by atoms with E-state index >= 15 is 0 Å². The first kappa shape index (κ1) is 19.1. The molecule has 0 aromatic heterocycles. The van der Waals surface area contributed by atoms with E-state index in [0.717, 1.165) is 25.1 Å². The van der Waals surface area contributed by atoms with Crippen LogP contribution in [0.3, 0.4) is 0 Å². The Kier molecular flexibility index (Phi) is 6.83. The molecular weight excluding hydrogens is 344 g/mol. The molecule has 2 aromatic carbocycles. The van der Waals surface area contributed by atoms with Crippen LogP contribution in [0.1, 0.15) is 30.4 Å². The van der Waals surface area contributed by atoms with Crippen molar-refractivity contribution in [2.24, 2.45) is 0 Å². The van der Waals surface area contributed by atoms with Crippen LogP contribution in [0.4, 0.5) is 0 Å². The molecule has 1 atom stereocenters. The molecule has 0 saturated carbocycles. The summed E-state index contributed by atoms with van der Waals surface area (Å²) in [6.07, 6.45) is 4.53. The van der Waals surface area contributed by atoms with Gasteiger partial charge in [-0.05, 0) is 43.5 Å². The van der Waals surface area contributed by atoms with Crippen molar-refractivity contribution in [3.05, 3.63) is 71.8 Å². The van der Waals surface area contributed by atoms with Gasteiger partial charge in [-0.2, -0.15) is 0 Å². The first-order chi connectivity index (χ1) is 12.6. The molecule has 1 heterocycles. The lowest BCUT2D eigenvalue weighted by atomic mass is 10.0. The van der Waals surface area contributed by atoms with Crippen LogP contribution >= 0.6 is 0 Å². The van der Waals surface area contributed by atoms with Gasteiger partial charge in [-0.1, -0.05) is 67.1 Å². The van der Waals surface area contributed by atoms with E-state index in [2.05, 4.69) is 21.8 Å². The number of benzene rings is 2. The van der Waals surface area contributed by atoms with Gasteiger partial charge in [-0.15, -0.1) is 0 Å². The molecule has 26 heavy (non-hydrogen) atoms. The van der Waals surface area contributed by atoms with Crippen molar-refractivity contribution in [1.82, 2.24) is 9.62 Å². The van der Waals surface area contributed by atoms with E-state index in [1.54, 1.807) is 0 Å². The van der Waals surface area contributed by atoms with Crippen molar-refractivity contribution in [3.63, 3.8) is 0 Å². The monoisotopic (exact) mass is 372 g/mol. The van der Waals surface area contributed by atoms with E-state index in [1.807, 2.05) is 48.5 Å². The van der Waals surface area contributed by atoms with Crippen LogP contribution in [0.15, 0.2) is 60.7 Å². The molecule has 1 aliphatic rings. The Labute approximate surface area is 157 Å². The third kappa shape index (κ3) is 5.94. The summed E-state index contributed by atoms with van der Waals surface area (Å²) in [7, 11) is -3.34. The zero-order valence-corrected chi connectivity index (χ0v) is 16.0. The Hall–Kier alpha value is -1.69. The van der Waals surface area contributed by atoms with Crippen molar-refractivity contribution in [3.8, 4) is 0 Å². The van der Waals surface area contributed by atoms with Gasteiger partial charge >= 0.3 is 0 Å². The van der Waals surface area contributed by atoms with Crippen molar-refractivity contribution in [2.75, 3.05) is 19.6 Å². The smallest absolute Gasteiger partial charge is 0.215 e. The molecule has 4 nitrogen and oxygen atoms in total. The van der Waals surface area contributed by atoms with Gasteiger partial charge in [-0.25, -0.2) is 13.1 Å². The topological polar surface area (TPSA) is 49.4 Å². The highest BCUT2D eigenvalue weighted by molar-refractivity contribution is 7.88. The Bertz CT molecular complexity index is 757. The SMILES string of the molecule is O=S(=O)(Cc1ccccc1)NCC(Cc1ccccc1)N1CCCCC1.